The highest BCUT2D eigenvalue weighted by Crippen LogP contribution is 2.31. The summed E-state index contributed by atoms with van der Waals surface area (Å²) in [7, 11) is 0. The molecule has 0 aromatic carbocycles. The van der Waals surface area contributed by atoms with E-state index >= 15 is 0 Å². The zero-order valence-electron chi connectivity index (χ0n) is 12.1. The number of aromatic nitrogens is 3. The van der Waals surface area contributed by atoms with Crippen LogP contribution in [0.1, 0.15) is 32.1 Å². The zero-order chi connectivity index (χ0) is 17.4. The molecule has 1 fully saturated rings. The minimum atomic E-state index is -1.47. The number of ether oxygens (including phenoxy) is 1. The lowest BCUT2D eigenvalue weighted by molar-refractivity contribution is -0.0600. The zero-order valence-corrected chi connectivity index (χ0v) is 13.0. The van der Waals surface area contributed by atoms with Gasteiger partial charge in [0.05, 0.1) is 11.5 Å². The molecule has 11 heteroatoms. The van der Waals surface area contributed by atoms with Gasteiger partial charge in [-0.25, -0.2) is 4.68 Å². The first kappa shape index (κ1) is 16.7. The molecule has 1 aliphatic rings. The molecule has 1 aliphatic heterocycles. The maximum atomic E-state index is 12.7. The molecular weight excluding hydrogens is 340 g/mol. The summed E-state index contributed by atoms with van der Waals surface area (Å²) in [5, 5.41) is 38.0. The molecule has 1 saturated heterocycles. The molecule has 2 unspecified atom stereocenters. The number of primary amides is 1. The first-order valence-electron chi connectivity index (χ1n) is 6.91. The molecule has 3 rings (SSSR count). The maximum Gasteiger partial charge on any atom is 0.271 e. The first-order chi connectivity index (χ1) is 11.5. The second kappa shape index (κ2) is 6.37. The molecule has 0 aliphatic carbocycles. The quantitative estimate of drug-likeness (QED) is 0.461. The number of carbonyl (C=O) groups is 2. The third-order valence-electron chi connectivity index (χ3n) is 3.65. The van der Waals surface area contributed by atoms with Crippen molar-refractivity contribution in [2.24, 2.45) is 5.73 Å². The molecule has 1 amide bonds. The van der Waals surface area contributed by atoms with Crippen LogP contribution in [0.4, 0.5) is 0 Å². The van der Waals surface area contributed by atoms with E-state index < -0.39 is 42.8 Å². The van der Waals surface area contributed by atoms with E-state index in [2.05, 4.69) is 10.3 Å². The Morgan fingerprint density at radius 3 is 2.67 bits per heavy atom. The van der Waals surface area contributed by atoms with Gasteiger partial charge in [-0.1, -0.05) is 11.3 Å². The molecule has 4 atom stereocenters. The molecule has 128 valence electrons. The number of aliphatic hydroxyl groups is 3. The number of ketones is 1. The molecule has 0 bridgehead atoms. The van der Waals surface area contributed by atoms with E-state index in [0.29, 0.717) is 4.88 Å². The van der Waals surface area contributed by atoms with Crippen molar-refractivity contribution in [3.63, 3.8) is 0 Å². The van der Waals surface area contributed by atoms with Crippen molar-refractivity contribution < 1.29 is 29.6 Å². The van der Waals surface area contributed by atoms with Crippen molar-refractivity contribution in [1.82, 2.24) is 15.0 Å². The summed E-state index contributed by atoms with van der Waals surface area (Å²) < 4.78 is 6.24. The van der Waals surface area contributed by atoms with Crippen LogP contribution in [0.25, 0.3) is 0 Å². The number of rotatable bonds is 5. The Bertz CT molecular complexity index is 761. The lowest BCUT2D eigenvalue weighted by Gasteiger charge is -2.16. The largest absolute Gasteiger partial charge is 0.394 e. The number of carbonyl (C=O) groups excluding carboxylic acids is 2. The van der Waals surface area contributed by atoms with Crippen LogP contribution in [-0.2, 0) is 4.74 Å². The fraction of sp³-hybridized carbons (Fsp3) is 0.385. The summed E-state index contributed by atoms with van der Waals surface area (Å²) in [6.07, 6.45) is -5.21. The van der Waals surface area contributed by atoms with Gasteiger partial charge in [0.2, 0.25) is 5.78 Å². The van der Waals surface area contributed by atoms with Gasteiger partial charge >= 0.3 is 0 Å². The van der Waals surface area contributed by atoms with Crippen LogP contribution in [0.3, 0.4) is 0 Å². The molecule has 10 nitrogen and oxygen atoms in total. The van der Waals surface area contributed by atoms with E-state index in [9.17, 15) is 19.8 Å². The normalized spacial score (nSPS) is 26.6. The van der Waals surface area contributed by atoms with Gasteiger partial charge < -0.3 is 25.8 Å². The third kappa shape index (κ3) is 2.61. The van der Waals surface area contributed by atoms with E-state index in [0.717, 1.165) is 16.0 Å². The second-order valence-electron chi connectivity index (χ2n) is 5.13. The fourth-order valence-corrected chi connectivity index (χ4v) is 3.12. The summed E-state index contributed by atoms with van der Waals surface area (Å²) in [4.78, 5) is 24.5. The van der Waals surface area contributed by atoms with Crippen LogP contribution < -0.4 is 5.73 Å². The molecular formula is C13H14N4O6S. The van der Waals surface area contributed by atoms with Crippen molar-refractivity contribution >= 4 is 23.0 Å². The SMILES string of the molecule is NC(=O)c1nnn(C2O[C@H](CO)C(O)[C@@H]2O)c1C(=O)c1cccs1. The topological polar surface area (TPSA) is 161 Å². The third-order valence-corrected chi connectivity index (χ3v) is 4.51. The molecule has 0 saturated carbocycles. The van der Waals surface area contributed by atoms with Gasteiger partial charge in [-0.05, 0) is 11.4 Å². The van der Waals surface area contributed by atoms with Crippen molar-refractivity contribution in [2.45, 2.75) is 24.5 Å². The highest BCUT2D eigenvalue weighted by Gasteiger charge is 2.46. The first-order valence-corrected chi connectivity index (χ1v) is 7.79. The van der Waals surface area contributed by atoms with Crippen molar-refractivity contribution in [2.75, 3.05) is 6.61 Å². The van der Waals surface area contributed by atoms with Crippen LogP contribution in [0.5, 0.6) is 0 Å². The monoisotopic (exact) mass is 354 g/mol. The number of amides is 1. The molecule has 2 aromatic rings. The van der Waals surface area contributed by atoms with Gasteiger partial charge in [-0.3, -0.25) is 9.59 Å². The van der Waals surface area contributed by atoms with E-state index in [-0.39, 0.29) is 11.4 Å². The van der Waals surface area contributed by atoms with Gasteiger partial charge in [0.15, 0.2) is 11.9 Å². The lowest BCUT2D eigenvalue weighted by atomic mass is 10.1. The van der Waals surface area contributed by atoms with Gasteiger partial charge in [0.1, 0.15) is 24.0 Å². The van der Waals surface area contributed by atoms with Crippen molar-refractivity contribution in [3.05, 3.63) is 33.8 Å². The van der Waals surface area contributed by atoms with Gasteiger partial charge in [-0.15, -0.1) is 16.4 Å². The van der Waals surface area contributed by atoms with E-state index in [1.807, 2.05) is 0 Å². The van der Waals surface area contributed by atoms with Gasteiger partial charge in [-0.2, -0.15) is 0 Å². The van der Waals surface area contributed by atoms with Crippen LogP contribution in [0, 0.1) is 0 Å². The van der Waals surface area contributed by atoms with E-state index in [1.54, 1.807) is 17.5 Å². The number of nitrogens with zero attached hydrogens (tertiary/aromatic N) is 3. The molecule has 5 N–H and O–H groups in total. The Hall–Kier alpha value is -2.18. The Balaban J connectivity index is 2.06. The molecule has 24 heavy (non-hydrogen) atoms. The van der Waals surface area contributed by atoms with E-state index in [4.69, 9.17) is 15.6 Å². The predicted molar refractivity (Wildman–Crippen MR) is 79.3 cm³/mol. The van der Waals surface area contributed by atoms with E-state index in [1.165, 1.54) is 0 Å². The Morgan fingerprint density at radius 1 is 1.38 bits per heavy atom. The summed E-state index contributed by atoms with van der Waals surface area (Å²) in [6.45, 7) is -0.541. The predicted octanol–water partition coefficient (Wildman–Crippen LogP) is -1.72. The molecule has 2 aromatic heterocycles. The molecule has 0 radical (unpaired) electrons. The van der Waals surface area contributed by atoms with Crippen LogP contribution in [-0.4, -0.2) is 66.9 Å². The Morgan fingerprint density at radius 2 is 2.12 bits per heavy atom. The summed E-state index contributed by atoms with van der Waals surface area (Å²) >= 11 is 1.14. The minimum absolute atomic E-state index is 0.250. The summed E-state index contributed by atoms with van der Waals surface area (Å²) in [5.41, 5.74) is 4.62. The van der Waals surface area contributed by atoms with Gasteiger partial charge in [0.25, 0.3) is 5.91 Å². The van der Waals surface area contributed by atoms with Crippen LogP contribution in [0.15, 0.2) is 17.5 Å². The summed E-state index contributed by atoms with van der Waals surface area (Å²) in [6, 6.07) is 3.20. The Kier molecular flexibility index (Phi) is 4.43. The number of hydrogen-bond donors (Lipinski definition) is 4. The highest BCUT2D eigenvalue weighted by molar-refractivity contribution is 7.12. The number of thiophene rings is 1. The fourth-order valence-electron chi connectivity index (χ4n) is 2.46. The highest BCUT2D eigenvalue weighted by atomic mass is 32.1. The average molecular weight is 354 g/mol. The number of hydrogen-bond acceptors (Lipinski definition) is 9. The van der Waals surface area contributed by atoms with Crippen molar-refractivity contribution in [1.29, 1.82) is 0 Å². The molecule has 0 spiro atoms. The lowest BCUT2D eigenvalue weighted by Crippen LogP contribution is -2.34. The standard InChI is InChI=1S/C13H14N4O6S/c14-12(22)7-8(10(20)6-2-1-3-24-6)17(16-15-7)13-11(21)9(19)5(4-18)23-13/h1-3,5,9,11,13,18-19,21H,4H2,(H2,14,22)/t5-,9?,11+,13?/m1/s1. The van der Waals surface area contributed by atoms with Gasteiger partial charge in [0, 0.05) is 0 Å². The average Bonchev–Trinajstić information content (AvgIpc) is 3.27. The minimum Gasteiger partial charge on any atom is -0.394 e. The number of nitrogens with two attached hydrogens (primary N) is 1. The maximum absolute atomic E-state index is 12.7. The van der Waals surface area contributed by atoms with Crippen molar-refractivity contribution in [3.8, 4) is 0 Å². The Labute approximate surface area is 139 Å². The summed E-state index contributed by atoms with van der Waals surface area (Å²) in [5.74, 6) is -1.53. The smallest absolute Gasteiger partial charge is 0.271 e. The van der Waals surface area contributed by atoms with Crippen LogP contribution >= 0.6 is 11.3 Å². The van der Waals surface area contributed by atoms with Crippen LogP contribution in [0.2, 0.25) is 0 Å². The number of aliphatic hydroxyl groups excluding tert-OH is 3. The second-order valence-corrected chi connectivity index (χ2v) is 6.08. The molecule has 3 heterocycles.